The minimum Gasteiger partial charge on any atom is -0.252 e. The predicted molar refractivity (Wildman–Crippen MR) is 58.7 cm³/mol. The summed E-state index contributed by atoms with van der Waals surface area (Å²) in [5, 5.41) is 3.27. The zero-order valence-corrected chi connectivity index (χ0v) is 9.78. The van der Waals surface area contributed by atoms with Gasteiger partial charge in [-0.3, -0.25) is 5.43 Å². The Morgan fingerprint density at radius 2 is 1.92 bits per heavy atom. The minimum absolute atomic E-state index is 0.608. The first-order chi connectivity index (χ1) is 5.66. The van der Waals surface area contributed by atoms with E-state index in [4.69, 9.17) is 0 Å². The van der Waals surface area contributed by atoms with Crippen molar-refractivity contribution in [3.05, 3.63) is 0 Å². The summed E-state index contributed by atoms with van der Waals surface area (Å²) in [5.41, 5.74) is 4.06. The van der Waals surface area contributed by atoms with Gasteiger partial charge in [-0.1, -0.05) is 33.6 Å². The summed E-state index contributed by atoms with van der Waals surface area (Å²) < 4.78 is 0. The third kappa shape index (κ3) is 8.45. The number of rotatable bonds is 7. The van der Waals surface area contributed by atoms with E-state index in [1.54, 1.807) is 0 Å². The van der Waals surface area contributed by atoms with Gasteiger partial charge in [-0.2, -0.15) is 0 Å². The third-order valence-corrected chi connectivity index (χ3v) is 2.54. The SMILES string of the molecule is CCCCC(C)NNPC(C)C. The van der Waals surface area contributed by atoms with Gasteiger partial charge in [0.25, 0.3) is 0 Å². The van der Waals surface area contributed by atoms with Crippen LogP contribution >= 0.6 is 8.73 Å². The van der Waals surface area contributed by atoms with Crippen molar-refractivity contribution >= 4 is 8.73 Å². The van der Waals surface area contributed by atoms with Crippen LogP contribution in [0.15, 0.2) is 0 Å². The largest absolute Gasteiger partial charge is 0.252 e. The van der Waals surface area contributed by atoms with Crippen LogP contribution in [0.2, 0.25) is 0 Å². The fourth-order valence-electron chi connectivity index (χ4n) is 0.892. The van der Waals surface area contributed by atoms with Gasteiger partial charge < -0.3 is 0 Å². The molecule has 0 aromatic rings. The molecule has 2 nitrogen and oxygen atoms in total. The number of hydrogen-bond donors (Lipinski definition) is 2. The molecule has 0 saturated carbocycles. The molecule has 0 radical (unpaired) electrons. The Morgan fingerprint density at radius 1 is 1.25 bits per heavy atom. The summed E-state index contributed by atoms with van der Waals surface area (Å²) in [6.07, 6.45) is 3.88. The van der Waals surface area contributed by atoms with E-state index >= 15 is 0 Å². The average Bonchev–Trinajstić information content (AvgIpc) is 2.00. The summed E-state index contributed by atoms with van der Waals surface area (Å²) in [7, 11) is 0.825. The first-order valence-electron chi connectivity index (χ1n) is 4.92. The molecule has 74 valence electrons. The molecule has 2 unspecified atom stereocenters. The highest BCUT2D eigenvalue weighted by Crippen LogP contribution is 2.10. The molecule has 0 saturated heterocycles. The summed E-state index contributed by atoms with van der Waals surface area (Å²) in [5.74, 6) is 0. The predicted octanol–water partition coefficient (Wildman–Crippen LogP) is 2.66. The molecule has 2 atom stereocenters. The Bertz CT molecular complexity index is 96.5. The highest BCUT2D eigenvalue weighted by atomic mass is 31.1. The van der Waals surface area contributed by atoms with Crippen molar-refractivity contribution < 1.29 is 0 Å². The van der Waals surface area contributed by atoms with Crippen LogP contribution in [0.25, 0.3) is 0 Å². The number of unbranched alkanes of at least 4 members (excludes halogenated alkanes) is 1. The van der Waals surface area contributed by atoms with Crippen molar-refractivity contribution in [3.8, 4) is 0 Å². The second-order valence-electron chi connectivity index (χ2n) is 3.61. The molecule has 2 N–H and O–H groups in total. The van der Waals surface area contributed by atoms with Crippen LogP contribution in [0.3, 0.4) is 0 Å². The molecule has 0 rings (SSSR count). The van der Waals surface area contributed by atoms with E-state index in [-0.39, 0.29) is 0 Å². The zero-order valence-electron chi connectivity index (χ0n) is 8.78. The van der Waals surface area contributed by atoms with Crippen LogP contribution < -0.4 is 10.6 Å². The Morgan fingerprint density at radius 3 is 2.42 bits per heavy atom. The number of nitrogens with one attached hydrogen (secondary N) is 2. The van der Waals surface area contributed by atoms with Crippen LogP contribution in [-0.2, 0) is 0 Å². The molecule has 0 aliphatic carbocycles. The summed E-state index contributed by atoms with van der Waals surface area (Å²) >= 11 is 0. The van der Waals surface area contributed by atoms with Gasteiger partial charge in [-0.05, 0) is 27.7 Å². The molecule has 0 fully saturated rings. The van der Waals surface area contributed by atoms with Gasteiger partial charge in [0.2, 0.25) is 0 Å². The minimum atomic E-state index is 0.608. The second-order valence-corrected chi connectivity index (χ2v) is 5.31. The molecule has 0 bridgehead atoms. The van der Waals surface area contributed by atoms with Crippen LogP contribution in [-0.4, -0.2) is 11.7 Å². The van der Waals surface area contributed by atoms with Crippen LogP contribution in [0.4, 0.5) is 0 Å². The Labute approximate surface area is 78.7 Å². The molecule has 0 aromatic carbocycles. The van der Waals surface area contributed by atoms with Crippen molar-refractivity contribution in [2.45, 2.75) is 58.7 Å². The first kappa shape index (κ1) is 12.3. The third-order valence-electron chi connectivity index (χ3n) is 1.67. The van der Waals surface area contributed by atoms with Gasteiger partial charge in [-0.15, -0.1) is 0 Å². The van der Waals surface area contributed by atoms with Crippen LogP contribution in [0, 0.1) is 0 Å². The average molecular weight is 190 g/mol. The smallest absolute Gasteiger partial charge is 0.0187 e. The Kier molecular flexibility index (Phi) is 8.20. The monoisotopic (exact) mass is 190 g/mol. The molecule has 0 amide bonds. The second kappa shape index (κ2) is 7.97. The molecule has 12 heavy (non-hydrogen) atoms. The van der Waals surface area contributed by atoms with Crippen molar-refractivity contribution in [3.63, 3.8) is 0 Å². The van der Waals surface area contributed by atoms with Crippen molar-refractivity contribution in [1.82, 2.24) is 10.6 Å². The van der Waals surface area contributed by atoms with Crippen LogP contribution in [0.5, 0.6) is 0 Å². The Hall–Kier alpha value is 0.350. The first-order valence-corrected chi connectivity index (χ1v) is 6.00. The fraction of sp³-hybridized carbons (Fsp3) is 1.00. The van der Waals surface area contributed by atoms with Crippen molar-refractivity contribution in [1.29, 1.82) is 0 Å². The summed E-state index contributed by atoms with van der Waals surface area (Å²) in [4.78, 5) is 0. The maximum absolute atomic E-state index is 3.31. The fourth-order valence-corrected chi connectivity index (χ4v) is 1.51. The summed E-state index contributed by atoms with van der Waals surface area (Å²) in [6.45, 7) is 8.91. The van der Waals surface area contributed by atoms with Gasteiger partial charge >= 0.3 is 0 Å². The van der Waals surface area contributed by atoms with E-state index in [0.29, 0.717) is 6.04 Å². The van der Waals surface area contributed by atoms with Gasteiger partial charge in [0, 0.05) is 6.04 Å². The van der Waals surface area contributed by atoms with Gasteiger partial charge in [0.15, 0.2) is 0 Å². The van der Waals surface area contributed by atoms with Crippen molar-refractivity contribution in [2.75, 3.05) is 0 Å². The molecule has 0 aromatic heterocycles. The van der Waals surface area contributed by atoms with Gasteiger partial charge in [0.05, 0.1) is 0 Å². The Balaban J connectivity index is 3.13. The molecule has 0 aliphatic heterocycles. The van der Waals surface area contributed by atoms with Gasteiger partial charge in [-0.25, -0.2) is 5.20 Å². The highest BCUT2D eigenvalue weighted by Gasteiger charge is 1.99. The lowest BCUT2D eigenvalue weighted by molar-refractivity contribution is 0.485. The van der Waals surface area contributed by atoms with Crippen LogP contribution in [0.1, 0.15) is 47.0 Å². The van der Waals surface area contributed by atoms with E-state index in [9.17, 15) is 0 Å². The molecule has 0 heterocycles. The van der Waals surface area contributed by atoms with Crippen molar-refractivity contribution in [2.24, 2.45) is 0 Å². The van der Waals surface area contributed by atoms with E-state index in [1.165, 1.54) is 19.3 Å². The molecule has 0 spiro atoms. The molecular formula is C9H23N2P. The van der Waals surface area contributed by atoms with Gasteiger partial charge in [0.1, 0.15) is 0 Å². The normalized spacial score (nSPS) is 14.8. The lowest BCUT2D eigenvalue weighted by Crippen LogP contribution is -2.34. The maximum atomic E-state index is 3.31. The zero-order chi connectivity index (χ0) is 9.40. The number of hydrazine groups is 1. The molecule has 3 heteroatoms. The topological polar surface area (TPSA) is 24.1 Å². The highest BCUT2D eigenvalue weighted by molar-refractivity contribution is 7.36. The van der Waals surface area contributed by atoms with E-state index in [2.05, 4.69) is 38.3 Å². The summed E-state index contributed by atoms with van der Waals surface area (Å²) in [6, 6.07) is 0.608. The van der Waals surface area contributed by atoms with E-state index < -0.39 is 0 Å². The lowest BCUT2D eigenvalue weighted by Gasteiger charge is -2.15. The molecule has 0 aliphatic rings. The van der Waals surface area contributed by atoms with E-state index in [0.717, 1.165) is 14.4 Å². The quantitative estimate of drug-likeness (QED) is 0.476. The van der Waals surface area contributed by atoms with E-state index in [1.807, 2.05) is 0 Å². The maximum Gasteiger partial charge on any atom is 0.0187 e. The standard InChI is InChI=1S/C9H23N2P/c1-5-6-7-9(4)10-11-12-8(2)3/h8-12H,5-7H2,1-4H3. The lowest BCUT2D eigenvalue weighted by atomic mass is 10.2. The molecular weight excluding hydrogens is 167 g/mol. The number of hydrogen-bond acceptors (Lipinski definition) is 2.